The van der Waals surface area contributed by atoms with Gasteiger partial charge in [-0.25, -0.2) is 0 Å². The molecule has 1 unspecified atom stereocenters. The second kappa shape index (κ2) is 8.22. The van der Waals surface area contributed by atoms with Crippen LogP contribution in [0.3, 0.4) is 0 Å². The molecule has 16 heavy (non-hydrogen) atoms. The summed E-state index contributed by atoms with van der Waals surface area (Å²) < 4.78 is 26.0. The third-order valence-electron chi connectivity index (χ3n) is 2.05. The maximum absolute atomic E-state index is 11.2. The minimum absolute atomic E-state index is 0.00960. The van der Waals surface area contributed by atoms with Crippen molar-refractivity contribution in [3.63, 3.8) is 0 Å². The number of aliphatic hydroxyl groups is 1. The Morgan fingerprint density at radius 2 is 2.06 bits per heavy atom. The second-order valence-corrected chi connectivity index (χ2v) is 5.63. The van der Waals surface area contributed by atoms with Crippen LogP contribution in [0.2, 0.25) is 0 Å². The van der Waals surface area contributed by atoms with Gasteiger partial charge >= 0.3 is 7.60 Å². The third kappa shape index (κ3) is 7.38. The fourth-order valence-corrected chi connectivity index (χ4v) is 1.94. The quantitative estimate of drug-likeness (QED) is 0.413. The number of ether oxygens (including phenoxy) is 2. The largest absolute Gasteiger partial charge is 0.394 e. The highest BCUT2D eigenvalue weighted by atomic mass is 31.2. The molecule has 0 rings (SSSR count). The lowest BCUT2D eigenvalue weighted by atomic mass is 10.0. The summed E-state index contributed by atoms with van der Waals surface area (Å²) in [5, 5.41) is 8.83. The lowest BCUT2D eigenvalue weighted by molar-refractivity contribution is -0.0353. The van der Waals surface area contributed by atoms with Crippen molar-refractivity contribution in [3.05, 3.63) is 0 Å². The number of hydrogen-bond acceptors (Lipinski definition) is 5. The molecule has 0 saturated heterocycles. The van der Waals surface area contributed by atoms with E-state index < -0.39 is 7.60 Å². The molecule has 0 aliphatic carbocycles. The molecule has 2 N–H and O–H groups in total. The highest BCUT2D eigenvalue weighted by Crippen LogP contribution is 2.41. The monoisotopic (exact) mass is 254 g/mol. The van der Waals surface area contributed by atoms with E-state index >= 15 is 0 Å². The lowest BCUT2D eigenvalue weighted by Gasteiger charge is -2.21. The summed E-state index contributed by atoms with van der Waals surface area (Å²) >= 11 is 0. The Labute approximate surface area is 96.8 Å². The summed E-state index contributed by atoms with van der Waals surface area (Å²) in [7, 11) is 0.939. The van der Waals surface area contributed by atoms with E-state index in [0.717, 1.165) is 0 Å². The van der Waals surface area contributed by atoms with E-state index in [0.29, 0.717) is 13.0 Å². The molecule has 0 heterocycles. The SMILES string of the molecule is B[C@@H](CO)O[C@H](CCP(=O)(O)OC)COC. The maximum Gasteiger partial charge on any atom is 0.327 e. The Morgan fingerprint density at radius 3 is 2.50 bits per heavy atom. The van der Waals surface area contributed by atoms with E-state index in [4.69, 9.17) is 14.6 Å². The van der Waals surface area contributed by atoms with Crippen molar-refractivity contribution < 1.29 is 28.6 Å². The number of methoxy groups -OCH3 is 1. The van der Waals surface area contributed by atoms with Crippen LogP contribution in [0, 0.1) is 0 Å². The standard InChI is InChI=1S/C8H20BO6P/c1-13-6-7(15-8(9)5-10)3-4-16(11,12)14-2/h7-8,10H,3-6,9H2,1-2H3,(H,11,12)/t7-,8-/m1/s1. The van der Waals surface area contributed by atoms with Crippen LogP contribution in [0.1, 0.15) is 6.42 Å². The van der Waals surface area contributed by atoms with Gasteiger partial charge in [-0.2, -0.15) is 0 Å². The molecule has 0 aliphatic heterocycles. The average molecular weight is 254 g/mol. The molecule has 0 aromatic heterocycles. The van der Waals surface area contributed by atoms with Gasteiger partial charge < -0.3 is 24.0 Å². The van der Waals surface area contributed by atoms with E-state index in [1.54, 1.807) is 7.85 Å². The van der Waals surface area contributed by atoms with E-state index in [2.05, 4.69) is 4.52 Å². The molecule has 8 heteroatoms. The van der Waals surface area contributed by atoms with Gasteiger partial charge in [-0.15, -0.1) is 0 Å². The van der Waals surface area contributed by atoms with E-state index in [-0.39, 0.29) is 24.9 Å². The molecular formula is C8H20BO6P. The number of rotatable bonds is 9. The molecule has 0 bridgehead atoms. The molecule has 96 valence electrons. The minimum atomic E-state index is -3.50. The summed E-state index contributed by atoms with van der Waals surface area (Å²) in [6.45, 7) is 0.218. The average Bonchev–Trinajstić information content (AvgIpc) is 2.26. The van der Waals surface area contributed by atoms with Gasteiger partial charge in [0.05, 0.1) is 25.5 Å². The van der Waals surface area contributed by atoms with E-state index in [1.807, 2.05) is 0 Å². The Bertz CT molecular complexity index is 227. The van der Waals surface area contributed by atoms with Gasteiger partial charge in [-0.3, -0.25) is 4.57 Å². The van der Waals surface area contributed by atoms with Crippen LogP contribution >= 0.6 is 7.60 Å². The van der Waals surface area contributed by atoms with Gasteiger partial charge in [0.25, 0.3) is 0 Å². The summed E-state index contributed by atoms with van der Waals surface area (Å²) in [5.74, 6) is 0. The van der Waals surface area contributed by atoms with Gasteiger partial charge in [0.15, 0.2) is 0 Å². The van der Waals surface area contributed by atoms with Crippen molar-refractivity contribution in [2.45, 2.75) is 18.5 Å². The molecule has 0 saturated carbocycles. The lowest BCUT2D eigenvalue weighted by Crippen LogP contribution is -2.29. The zero-order valence-corrected chi connectivity index (χ0v) is 10.9. The first-order chi connectivity index (χ1) is 7.45. The number of hydrogen-bond donors (Lipinski definition) is 2. The summed E-state index contributed by atoms with van der Waals surface area (Å²) in [6.07, 6.45) is 0.0397. The van der Waals surface area contributed by atoms with Crippen molar-refractivity contribution >= 4 is 15.4 Å². The number of aliphatic hydroxyl groups excluding tert-OH is 1. The highest BCUT2D eigenvalue weighted by molar-refractivity contribution is 7.52. The topological polar surface area (TPSA) is 85.2 Å². The van der Waals surface area contributed by atoms with Crippen LogP contribution in [0.25, 0.3) is 0 Å². The molecule has 0 amide bonds. The van der Waals surface area contributed by atoms with Crippen LogP contribution in [-0.2, 0) is 18.6 Å². The molecule has 0 aliphatic rings. The summed E-state index contributed by atoms with van der Waals surface area (Å²) in [5.41, 5.74) is 0. The van der Waals surface area contributed by atoms with Crippen molar-refractivity contribution in [2.75, 3.05) is 33.6 Å². The van der Waals surface area contributed by atoms with Crippen LogP contribution in [0.4, 0.5) is 0 Å². The Morgan fingerprint density at radius 1 is 1.44 bits per heavy atom. The van der Waals surface area contributed by atoms with Crippen molar-refractivity contribution in [3.8, 4) is 0 Å². The van der Waals surface area contributed by atoms with Crippen LogP contribution in [-0.4, -0.2) is 63.5 Å². The Hall–Kier alpha value is 0.0949. The predicted molar refractivity (Wildman–Crippen MR) is 62.5 cm³/mol. The molecule has 3 atom stereocenters. The normalized spacial score (nSPS) is 19.0. The summed E-state index contributed by atoms with van der Waals surface area (Å²) in [6, 6.07) is -0.319. The fraction of sp³-hybridized carbons (Fsp3) is 1.00. The van der Waals surface area contributed by atoms with Gasteiger partial charge in [0.2, 0.25) is 0 Å². The van der Waals surface area contributed by atoms with Crippen molar-refractivity contribution in [1.82, 2.24) is 0 Å². The first-order valence-electron chi connectivity index (χ1n) is 5.08. The first-order valence-corrected chi connectivity index (χ1v) is 6.84. The molecule has 0 aromatic carbocycles. The highest BCUT2D eigenvalue weighted by Gasteiger charge is 2.21. The van der Waals surface area contributed by atoms with Crippen molar-refractivity contribution in [2.24, 2.45) is 0 Å². The Kier molecular flexibility index (Phi) is 8.27. The molecule has 0 spiro atoms. The van der Waals surface area contributed by atoms with E-state index in [9.17, 15) is 9.46 Å². The van der Waals surface area contributed by atoms with Gasteiger partial charge in [-0.05, 0) is 6.42 Å². The molecular weight excluding hydrogens is 234 g/mol. The Balaban J connectivity index is 4.07. The van der Waals surface area contributed by atoms with Crippen LogP contribution in [0.5, 0.6) is 0 Å². The van der Waals surface area contributed by atoms with Crippen molar-refractivity contribution in [1.29, 1.82) is 0 Å². The first kappa shape index (κ1) is 16.1. The molecule has 0 fully saturated rings. The zero-order valence-electron chi connectivity index (χ0n) is 9.96. The smallest absolute Gasteiger partial charge is 0.327 e. The molecule has 6 nitrogen and oxygen atoms in total. The fourth-order valence-electron chi connectivity index (χ4n) is 1.15. The predicted octanol–water partition coefficient (Wildman–Crippen LogP) is -0.809. The second-order valence-electron chi connectivity index (χ2n) is 3.54. The van der Waals surface area contributed by atoms with E-state index in [1.165, 1.54) is 14.2 Å². The zero-order chi connectivity index (χ0) is 12.6. The van der Waals surface area contributed by atoms with Crippen LogP contribution in [0.15, 0.2) is 0 Å². The van der Waals surface area contributed by atoms with Gasteiger partial charge in [0, 0.05) is 20.2 Å². The summed E-state index contributed by atoms with van der Waals surface area (Å²) in [4.78, 5) is 9.22. The van der Waals surface area contributed by atoms with Crippen LogP contribution < -0.4 is 0 Å². The molecule has 0 aromatic rings. The molecule has 0 radical (unpaired) electrons. The van der Waals surface area contributed by atoms with Gasteiger partial charge in [0.1, 0.15) is 7.85 Å². The minimum Gasteiger partial charge on any atom is -0.394 e. The van der Waals surface area contributed by atoms with Gasteiger partial charge in [-0.1, -0.05) is 0 Å². The third-order valence-corrected chi connectivity index (χ3v) is 3.45. The maximum atomic E-state index is 11.2.